The molecule has 0 saturated carbocycles. The zero-order valence-corrected chi connectivity index (χ0v) is 17.8. The summed E-state index contributed by atoms with van der Waals surface area (Å²) >= 11 is 0. The van der Waals surface area contributed by atoms with Crippen LogP contribution in [0.5, 0.6) is 5.75 Å². The number of hydrogen-bond acceptors (Lipinski definition) is 6. The van der Waals surface area contributed by atoms with E-state index in [-0.39, 0.29) is 5.92 Å². The van der Waals surface area contributed by atoms with Gasteiger partial charge in [0, 0.05) is 12.0 Å². The van der Waals surface area contributed by atoms with Gasteiger partial charge < -0.3 is 15.2 Å². The molecule has 3 aromatic rings. The lowest BCUT2D eigenvalue weighted by Gasteiger charge is -2.17. The SMILES string of the molecule is Cc1ccc(-c2cc(OC(=O)NC(C)[C@H](C)O)cc(-n3nnnc3C(C)C)c2)cc1. The summed E-state index contributed by atoms with van der Waals surface area (Å²) in [7, 11) is 0. The topological polar surface area (TPSA) is 102 Å². The normalized spacial score (nSPS) is 13.2. The van der Waals surface area contributed by atoms with Crippen LogP contribution in [0.4, 0.5) is 4.79 Å². The Labute approximate surface area is 175 Å². The maximum Gasteiger partial charge on any atom is 0.412 e. The van der Waals surface area contributed by atoms with E-state index in [1.165, 1.54) is 0 Å². The predicted octanol–water partition coefficient (Wildman–Crippen LogP) is 3.62. The van der Waals surface area contributed by atoms with E-state index in [1.807, 2.05) is 51.1 Å². The van der Waals surface area contributed by atoms with Gasteiger partial charge in [0.15, 0.2) is 5.82 Å². The zero-order valence-electron chi connectivity index (χ0n) is 17.8. The van der Waals surface area contributed by atoms with Crippen molar-refractivity contribution in [1.29, 1.82) is 0 Å². The molecular formula is C22H27N5O3. The van der Waals surface area contributed by atoms with Gasteiger partial charge in [-0.2, -0.15) is 4.68 Å². The summed E-state index contributed by atoms with van der Waals surface area (Å²) in [5.74, 6) is 1.17. The van der Waals surface area contributed by atoms with Crippen LogP contribution >= 0.6 is 0 Å². The van der Waals surface area contributed by atoms with Gasteiger partial charge in [0.1, 0.15) is 5.75 Å². The van der Waals surface area contributed by atoms with Crippen LogP contribution in [-0.2, 0) is 0 Å². The van der Waals surface area contributed by atoms with Gasteiger partial charge in [0.25, 0.3) is 0 Å². The molecule has 8 nitrogen and oxygen atoms in total. The van der Waals surface area contributed by atoms with Crippen LogP contribution in [0.25, 0.3) is 16.8 Å². The molecule has 2 aromatic carbocycles. The number of carbonyl (C=O) groups is 1. The van der Waals surface area contributed by atoms with Crippen molar-refractivity contribution in [3.63, 3.8) is 0 Å². The number of hydrogen-bond donors (Lipinski definition) is 2. The lowest BCUT2D eigenvalue weighted by Crippen LogP contribution is -2.41. The van der Waals surface area contributed by atoms with Crippen molar-refractivity contribution in [3.05, 3.63) is 53.9 Å². The van der Waals surface area contributed by atoms with Gasteiger partial charge in [-0.3, -0.25) is 0 Å². The molecule has 8 heteroatoms. The van der Waals surface area contributed by atoms with Gasteiger partial charge in [0.05, 0.1) is 17.8 Å². The Balaban J connectivity index is 2.01. The summed E-state index contributed by atoms with van der Waals surface area (Å²) in [6, 6.07) is 13.1. The second kappa shape index (κ2) is 9.04. The molecule has 2 N–H and O–H groups in total. The molecule has 0 saturated heterocycles. The lowest BCUT2D eigenvalue weighted by atomic mass is 10.0. The minimum Gasteiger partial charge on any atom is -0.410 e. The minimum absolute atomic E-state index is 0.114. The molecule has 0 bridgehead atoms. The molecule has 1 aromatic heterocycles. The van der Waals surface area contributed by atoms with Crippen molar-refractivity contribution in [1.82, 2.24) is 25.5 Å². The highest BCUT2D eigenvalue weighted by molar-refractivity contribution is 5.74. The second-order valence-electron chi connectivity index (χ2n) is 7.75. The molecule has 0 aliphatic rings. The Hall–Kier alpha value is -3.26. The van der Waals surface area contributed by atoms with Crippen molar-refractivity contribution in [2.24, 2.45) is 0 Å². The summed E-state index contributed by atoms with van der Waals surface area (Å²) in [6.07, 6.45) is -1.34. The van der Waals surface area contributed by atoms with Crippen LogP contribution in [0, 0.1) is 6.92 Å². The number of nitrogens with one attached hydrogen (secondary N) is 1. The first-order chi connectivity index (χ1) is 14.2. The molecule has 3 rings (SSSR count). The molecular weight excluding hydrogens is 382 g/mol. The van der Waals surface area contributed by atoms with Crippen molar-refractivity contribution in [2.45, 2.75) is 52.7 Å². The van der Waals surface area contributed by atoms with Crippen molar-refractivity contribution < 1.29 is 14.6 Å². The maximum atomic E-state index is 12.3. The number of carbonyl (C=O) groups excluding carboxylic acids is 1. The highest BCUT2D eigenvalue weighted by Crippen LogP contribution is 2.29. The van der Waals surface area contributed by atoms with Gasteiger partial charge in [-0.25, -0.2) is 4.79 Å². The molecule has 0 aliphatic carbocycles. The van der Waals surface area contributed by atoms with E-state index in [9.17, 15) is 9.90 Å². The summed E-state index contributed by atoms with van der Waals surface area (Å²) in [4.78, 5) is 12.3. The first-order valence-electron chi connectivity index (χ1n) is 9.91. The van der Waals surface area contributed by atoms with Crippen molar-refractivity contribution in [3.8, 4) is 22.6 Å². The molecule has 1 unspecified atom stereocenters. The summed E-state index contributed by atoms with van der Waals surface area (Å²) in [6.45, 7) is 9.35. The third kappa shape index (κ3) is 5.01. The quantitative estimate of drug-likeness (QED) is 0.645. The van der Waals surface area contributed by atoms with Crippen LogP contribution in [0.1, 0.15) is 45.0 Å². The number of aryl methyl sites for hydroxylation is 1. The minimum atomic E-state index is -0.693. The highest BCUT2D eigenvalue weighted by atomic mass is 16.6. The number of aliphatic hydroxyl groups is 1. The standard InChI is InChI=1S/C22H27N5O3/c1-13(2)21-24-25-26-27(21)19-10-18(17-8-6-14(3)7-9-17)11-20(12-19)30-22(29)23-15(4)16(5)28/h6-13,15-16,28H,1-5H3,(H,23,29)/t15?,16-/m0/s1. The van der Waals surface area contributed by atoms with Crippen LogP contribution in [-0.4, -0.2) is 43.6 Å². The largest absolute Gasteiger partial charge is 0.412 e. The van der Waals surface area contributed by atoms with Crippen LogP contribution in [0.2, 0.25) is 0 Å². The Morgan fingerprint density at radius 2 is 1.77 bits per heavy atom. The van der Waals surface area contributed by atoms with Crippen LogP contribution in [0.3, 0.4) is 0 Å². The fraction of sp³-hybridized carbons (Fsp3) is 0.364. The number of rotatable bonds is 6. The van der Waals surface area contributed by atoms with E-state index in [0.29, 0.717) is 17.3 Å². The Morgan fingerprint density at radius 3 is 2.40 bits per heavy atom. The van der Waals surface area contributed by atoms with E-state index in [2.05, 4.69) is 20.8 Å². The maximum absolute atomic E-state index is 12.3. The fourth-order valence-electron chi connectivity index (χ4n) is 2.86. The lowest BCUT2D eigenvalue weighted by molar-refractivity contribution is 0.142. The highest BCUT2D eigenvalue weighted by Gasteiger charge is 2.17. The molecule has 0 fully saturated rings. The average Bonchev–Trinajstić information content (AvgIpc) is 3.18. The summed E-state index contributed by atoms with van der Waals surface area (Å²) < 4.78 is 7.16. The van der Waals surface area contributed by atoms with E-state index < -0.39 is 18.2 Å². The molecule has 0 aliphatic heterocycles. The van der Waals surface area contributed by atoms with Gasteiger partial charge in [-0.1, -0.05) is 43.7 Å². The van der Waals surface area contributed by atoms with E-state index in [0.717, 1.165) is 16.7 Å². The predicted molar refractivity (Wildman–Crippen MR) is 114 cm³/mol. The van der Waals surface area contributed by atoms with E-state index >= 15 is 0 Å². The Bertz CT molecular complexity index is 1010. The van der Waals surface area contributed by atoms with E-state index in [1.54, 1.807) is 30.7 Å². The van der Waals surface area contributed by atoms with Crippen molar-refractivity contribution in [2.75, 3.05) is 0 Å². The third-order valence-corrected chi connectivity index (χ3v) is 4.81. The number of amides is 1. The van der Waals surface area contributed by atoms with Gasteiger partial charge >= 0.3 is 6.09 Å². The monoisotopic (exact) mass is 409 g/mol. The number of ether oxygens (including phenoxy) is 1. The molecule has 158 valence electrons. The van der Waals surface area contributed by atoms with Crippen LogP contribution < -0.4 is 10.1 Å². The van der Waals surface area contributed by atoms with E-state index in [4.69, 9.17) is 4.74 Å². The van der Waals surface area contributed by atoms with Crippen LogP contribution in [0.15, 0.2) is 42.5 Å². The number of benzene rings is 2. The molecule has 1 amide bonds. The molecule has 0 radical (unpaired) electrons. The molecule has 2 atom stereocenters. The molecule has 0 spiro atoms. The Morgan fingerprint density at radius 1 is 1.07 bits per heavy atom. The smallest absolute Gasteiger partial charge is 0.410 e. The van der Waals surface area contributed by atoms with Gasteiger partial charge in [-0.15, -0.1) is 5.10 Å². The third-order valence-electron chi connectivity index (χ3n) is 4.81. The summed E-state index contributed by atoms with van der Waals surface area (Å²) in [5.41, 5.74) is 3.68. The fourth-order valence-corrected chi connectivity index (χ4v) is 2.86. The van der Waals surface area contributed by atoms with Gasteiger partial charge in [-0.05, 0) is 54.5 Å². The molecule has 30 heavy (non-hydrogen) atoms. The number of aromatic nitrogens is 4. The first kappa shape index (κ1) is 21.4. The number of nitrogens with zero attached hydrogens (tertiary/aromatic N) is 4. The van der Waals surface area contributed by atoms with Gasteiger partial charge in [0.2, 0.25) is 0 Å². The number of aliphatic hydroxyl groups excluding tert-OH is 1. The second-order valence-corrected chi connectivity index (χ2v) is 7.75. The zero-order chi connectivity index (χ0) is 21.8. The summed E-state index contributed by atoms with van der Waals surface area (Å²) in [5, 5.41) is 24.2. The van der Waals surface area contributed by atoms with Crippen molar-refractivity contribution >= 4 is 6.09 Å². The average molecular weight is 409 g/mol. The molecule has 1 heterocycles. The Kier molecular flexibility index (Phi) is 6.47. The first-order valence-corrected chi connectivity index (χ1v) is 9.91. The number of tetrazole rings is 1.